The lowest BCUT2D eigenvalue weighted by molar-refractivity contribution is -0.385. The molecule has 6 heteroatoms. The normalized spacial score (nSPS) is 9.80. The molecule has 0 aliphatic carbocycles. The number of nitrogens with zero attached hydrogens (tertiary/aromatic N) is 3. The summed E-state index contributed by atoms with van der Waals surface area (Å²) in [5, 5.41) is 22.8. The number of hydrogen-bond donors (Lipinski definition) is 1. The molecule has 0 aliphatic rings. The van der Waals surface area contributed by atoms with Crippen molar-refractivity contribution in [3.63, 3.8) is 0 Å². The summed E-state index contributed by atoms with van der Waals surface area (Å²) in [5.74, 6) is 0. The van der Waals surface area contributed by atoms with Crippen LogP contribution in [-0.2, 0) is 6.54 Å². The average molecular weight is 268 g/mol. The van der Waals surface area contributed by atoms with Gasteiger partial charge < -0.3 is 5.32 Å². The summed E-state index contributed by atoms with van der Waals surface area (Å²) in [4.78, 5) is 14.4. The van der Waals surface area contributed by atoms with Crippen LogP contribution in [0.15, 0.2) is 36.5 Å². The summed E-state index contributed by atoms with van der Waals surface area (Å²) in [7, 11) is 0. The van der Waals surface area contributed by atoms with Gasteiger partial charge in [0.2, 0.25) is 0 Å². The van der Waals surface area contributed by atoms with Crippen LogP contribution in [0.3, 0.4) is 0 Å². The van der Waals surface area contributed by atoms with Crippen LogP contribution in [0.5, 0.6) is 0 Å². The third-order valence-corrected chi connectivity index (χ3v) is 2.89. The number of nitrogens with one attached hydrogen (secondary N) is 1. The van der Waals surface area contributed by atoms with Crippen LogP contribution in [0.4, 0.5) is 11.4 Å². The number of benzene rings is 1. The number of aromatic nitrogens is 1. The molecule has 0 saturated carbocycles. The van der Waals surface area contributed by atoms with Crippen molar-refractivity contribution in [1.82, 2.24) is 4.98 Å². The minimum absolute atomic E-state index is 0.0396. The molecule has 20 heavy (non-hydrogen) atoms. The zero-order valence-corrected chi connectivity index (χ0v) is 10.8. The number of anilines is 1. The summed E-state index contributed by atoms with van der Waals surface area (Å²) in [6, 6.07) is 10.0. The van der Waals surface area contributed by atoms with Crippen molar-refractivity contribution in [1.29, 1.82) is 5.26 Å². The quantitative estimate of drug-likeness (QED) is 0.680. The smallest absolute Gasteiger partial charge is 0.287 e. The first-order chi connectivity index (χ1) is 9.61. The molecule has 0 bridgehead atoms. The second-order valence-electron chi connectivity index (χ2n) is 4.22. The number of nitriles is 1. The second-order valence-corrected chi connectivity index (χ2v) is 4.22. The fraction of sp³-hybridized carbons (Fsp3) is 0.143. The van der Waals surface area contributed by atoms with Gasteiger partial charge in [-0.2, -0.15) is 5.26 Å². The van der Waals surface area contributed by atoms with Crippen LogP contribution < -0.4 is 5.32 Å². The van der Waals surface area contributed by atoms with Gasteiger partial charge in [0.05, 0.1) is 17.2 Å². The molecule has 0 fully saturated rings. The predicted molar refractivity (Wildman–Crippen MR) is 74.1 cm³/mol. The Bertz CT molecular complexity index is 692. The zero-order valence-electron chi connectivity index (χ0n) is 10.8. The Morgan fingerprint density at radius 1 is 1.45 bits per heavy atom. The fourth-order valence-corrected chi connectivity index (χ4v) is 1.78. The van der Waals surface area contributed by atoms with E-state index in [2.05, 4.69) is 10.3 Å². The maximum atomic E-state index is 10.7. The Kier molecular flexibility index (Phi) is 3.91. The molecule has 1 aromatic carbocycles. The van der Waals surface area contributed by atoms with Crippen molar-refractivity contribution in [3.05, 3.63) is 63.5 Å². The van der Waals surface area contributed by atoms with Gasteiger partial charge in [0.1, 0.15) is 11.6 Å². The Hall–Kier alpha value is -2.94. The number of nitro benzene ring substituents is 1. The van der Waals surface area contributed by atoms with Crippen LogP contribution in [-0.4, -0.2) is 9.91 Å². The molecule has 0 aliphatic heterocycles. The lowest BCUT2D eigenvalue weighted by Gasteiger charge is -2.08. The maximum Gasteiger partial charge on any atom is 0.287 e. The highest BCUT2D eigenvalue weighted by Gasteiger charge is 2.13. The van der Waals surface area contributed by atoms with E-state index < -0.39 is 4.92 Å². The van der Waals surface area contributed by atoms with E-state index in [-0.39, 0.29) is 11.3 Å². The first-order valence-corrected chi connectivity index (χ1v) is 5.94. The SMILES string of the molecule is Cc1cccnc1CNc1ccc([N+](=O)[O-])c(C#N)c1. The first kappa shape index (κ1) is 13.5. The van der Waals surface area contributed by atoms with Crippen molar-refractivity contribution in [3.8, 4) is 6.07 Å². The van der Waals surface area contributed by atoms with Crippen molar-refractivity contribution < 1.29 is 4.92 Å². The number of pyridine rings is 1. The molecule has 2 aromatic rings. The highest BCUT2D eigenvalue weighted by atomic mass is 16.6. The summed E-state index contributed by atoms with van der Waals surface area (Å²) in [6.45, 7) is 2.45. The fourth-order valence-electron chi connectivity index (χ4n) is 1.78. The Labute approximate surface area is 115 Å². The standard InChI is InChI=1S/C14H12N4O2/c1-10-3-2-6-16-13(10)9-17-12-4-5-14(18(19)20)11(7-12)8-15/h2-7,17H,9H2,1H3. The van der Waals surface area contributed by atoms with Crippen LogP contribution in [0.25, 0.3) is 0 Å². The summed E-state index contributed by atoms with van der Waals surface area (Å²) >= 11 is 0. The Morgan fingerprint density at radius 2 is 2.25 bits per heavy atom. The van der Waals surface area contributed by atoms with Gasteiger partial charge in [-0.25, -0.2) is 0 Å². The van der Waals surface area contributed by atoms with Crippen LogP contribution in [0.1, 0.15) is 16.8 Å². The number of rotatable bonds is 4. The number of aryl methyl sites for hydroxylation is 1. The van der Waals surface area contributed by atoms with E-state index in [1.54, 1.807) is 12.3 Å². The Morgan fingerprint density at radius 3 is 2.90 bits per heavy atom. The van der Waals surface area contributed by atoms with E-state index >= 15 is 0 Å². The van der Waals surface area contributed by atoms with Gasteiger partial charge in [-0.3, -0.25) is 15.1 Å². The highest BCUT2D eigenvalue weighted by molar-refractivity contribution is 5.58. The van der Waals surface area contributed by atoms with Gasteiger partial charge in [0.15, 0.2) is 0 Å². The molecule has 2 rings (SSSR count). The van der Waals surface area contributed by atoms with E-state index in [4.69, 9.17) is 5.26 Å². The molecule has 100 valence electrons. The van der Waals surface area contributed by atoms with Gasteiger partial charge in [-0.15, -0.1) is 0 Å². The molecule has 6 nitrogen and oxygen atoms in total. The second kappa shape index (κ2) is 5.80. The zero-order chi connectivity index (χ0) is 14.5. The van der Waals surface area contributed by atoms with Crippen LogP contribution in [0, 0.1) is 28.4 Å². The minimum atomic E-state index is -0.564. The van der Waals surface area contributed by atoms with Gasteiger partial charge in [0, 0.05) is 18.0 Å². The predicted octanol–water partition coefficient (Wildman–Crippen LogP) is 2.78. The maximum absolute atomic E-state index is 10.7. The molecule has 0 saturated heterocycles. The lowest BCUT2D eigenvalue weighted by Crippen LogP contribution is -2.04. The van der Waals surface area contributed by atoms with Crippen LogP contribution >= 0.6 is 0 Å². The summed E-state index contributed by atoms with van der Waals surface area (Å²) < 4.78 is 0. The topological polar surface area (TPSA) is 91.8 Å². The molecule has 0 atom stereocenters. The van der Waals surface area contributed by atoms with Gasteiger partial charge in [-0.05, 0) is 30.7 Å². The molecular formula is C14H12N4O2. The van der Waals surface area contributed by atoms with Crippen molar-refractivity contribution >= 4 is 11.4 Å². The van der Waals surface area contributed by atoms with Gasteiger partial charge in [-0.1, -0.05) is 6.07 Å². The molecule has 1 heterocycles. The first-order valence-electron chi connectivity index (χ1n) is 5.94. The third-order valence-electron chi connectivity index (χ3n) is 2.89. The van der Waals surface area contributed by atoms with Crippen molar-refractivity contribution in [2.75, 3.05) is 5.32 Å². The van der Waals surface area contributed by atoms with Crippen molar-refractivity contribution in [2.24, 2.45) is 0 Å². The highest BCUT2D eigenvalue weighted by Crippen LogP contribution is 2.22. The Balaban J connectivity index is 2.17. The van der Waals surface area contributed by atoms with E-state index in [1.807, 2.05) is 25.1 Å². The molecule has 0 radical (unpaired) electrons. The number of nitro groups is 1. The molecule has 1 N–H and O–H groups in total. The van der Waals surface area contributed by atoms with Crippen molar-refractivity contribution in [2.45, 2.75) is 13.5 Å². The van der Waals surface area contributed by atoms with E-state index in [0.717, 1.165) is 11.3 Å². The number of hydrogen-bond acceptors (Lipinski definition) is 5. The average Bonchev–Trinajstić information content (AvgIpc) is 2.46. The van der Waals surface area contributed by atoms with E-state index in [0.29, 0.717) is 12.2 Å². The van der Waals surface area contributed by atoms with E-state index in [9.17, 15) is 10.1 Å². The molecule has 0 amide bonds. The van der Waals surface area contributed by atoms with Gasteiger partial charge in [0.25, 0.3) is 5.69 Å². The van der Waals surface area contributed by atoms with E-state index in [1.165, 1.54) is 12.1 Å². The summed E-state index contributed by atoms with van der Waals surface area (Å²) in [6.07, 6.45) is 1.71. The van der Waals surface area contributed by atoms with Gasteiger partial charge >= 0.3 is 0 Å². The lowest BCUT2D eigenvalue weighted by atomic mass is 10.1. The molecule has 0 spiro atoms. The summed E-state index contributed by atoms with van der Waals surface area (Å²) in [5.41, 5.74) is 2.45. The largest absolute Gasteiger partial charge is 0.379 e. The van der Waals surface area contributed by atoms with Crippen LogP contribution in [0.2, 0.25) is 0 Å². The third kappa shape index (κ3) is 2.90. The minimum Gasteiger partial charge on any atom is -0.379 e. The monoisotopic (exact) mass is 268 g/mol. The molecular weight excluding hydrogens is 256 g/mol. The molecule has 0 unspecified atom stereocenters. The molecule has 1 aromatic heterocycles.